The summed E-state index contributed by atoms with van der Waals surface area (Å²) in [6.07, 6.45) is 2.87. The first-order chi connectivity index (χ1) is 10.5. The molecule has 1 atom stereocenters. The molecule has 0 unspecified atom stereocenters. The normalized spacial score (nSPS) is 19.0. The van der Waals surface area contributed by atoms with Gasteiger partial charge in [0.25, 0.3) is 0 Å². The van der Waals surface area contributed by atoms with Crippen molar-refractivity contribution in [3.05, 3.63) is 35.9 Å². The van der Waals surface area contributed by atoms with Crippen LogP contribution in [0.3, 0.4) is 0 Å². The third kappa shape index (κ3) is 3.01. The molecular formula is C18H25NO3. The molecule has 1 amide bonds. The molecule has 0 spiro atoms. The quantitative estimate of drug-likeness (QED) is 0.909. The summed E-state index contributed by atoms with van der Waals surface area (Å²) in [5, 5.41) is 9.23. The van der Waals surface area contributed by atoms with Crippen LogP contribution in [0.2, 0.25) is 0 Å². The maximum absolute atomic E-state index is 13.2. The minimum atomic E-state index is -0.796. The number of rotatable bonds is 5. The van der Waals surface area contributed by atoms with Crippen molar-refractivity contribution in [3.8, 4) is 0 Å². The fourth-order valence-electron chi connectivity index (χ4n) is 3.51. The molecule has 1 N–H and O–H groups in total. The average Bonchev–Trinajstić information content (AvgIpc) is 2.57. The molecule has 22 heavy (non-hydrogen) atoms. The van der Waals surface area contributed by atoms with E-state index in [2.05, 4.69) is 0 Å². The molecule has 4 heteroatoms. The number of carboxylic acid groups (broad SMARTS) is 1. The highest BCUT2D eigenvalue weighted by Crippen LogP contribution is 2.35. The van der Waals surface area contributed by atoms with Crippen molar-refractivity contribution < 1.29 is 14.7 Å². The van der Waals surface area contributed by atoms with Crippen LogP contribution in [0, 0.1) is 5.92 Å². The van der Waals surface area contributed by atoms with Crippen molar-refractivity contribution in [2.45, 2.75) is 44.9 Å². The Morgan fingerprint density at radius 1 is 1.23 bits per heavy atom. The monoisotopic (exact) mass is 303 g/mol. The lowest BCUT2D eigenvalue weighted by molar-refractivity contribution is -0.147. The van der Waals surface area contributed by atoms with Gasteiger partial charge in [0, 0.05) is 13.1 Å². The van der Waals surface area contributed by atoms with Crippen molar-refractivity contribution >= 4 is 11.9 Å². The zero-order valence-corrected chi connectivity index (χ0v) is 13.4. The van der Waals surface area contributed by atoms with E-state index in [4.69, 9.17) is 0 Å². The standard InChI is InChI=1S/C18H25NO3/c1-3-18(4-2,15-10-6-5-7-11-15)17(22)19-12-8-9-14(13-19)16(20)21/h5-7,10-11,14H,3-4,8-9,12-13H2,1-2H3,(H,20,21)/t14-/m0/s1. The molecule has 0 aromatic heterocycles. The molecule has 120 valence electrons. The number of piperidine rings is 1. The van der Waals surface area contributed by atoms with Crippen LogP contribution in [0.15, 0.2) is 30.3 Å². The summed E-state index contributed by atoms with van der Waals surface area (Å²) in [6.45, 7) is 5.07. The van der Waals surface area contributed by atoms with Crippen LogP contribution in [0.25, 0.3) is 0 Å². The summed E-state index contributed by atoms with van der Waals surface area (Å²) in [5.41, 5.74) is 0.490. The second-order valence-corrected chi connectivity index (χ2v) is 6.08. The Labute approximate surface area is 132 Å². The SMILES string of the molecule is CCC(CC)(C(=O)N1CCC[C@H](C(=O)O)C1)c1ccccc1. The molecule has 1 aromatic carbocycles. The first-order valence-corrected chi connectivity index (χ1v) is 8.13. The molecule has 1 aromatic rings. The highest BCUT2D eigenvalue weighted by atomic mass is 16.4. The molecule has 4 nitrogen and oxygen atoms in total. The Kier molecular flexibility index (Phi) is 5.22. The van der Waals surface area contributed by atoms with Gasteiger partial charge in [0.05, 0.1) is 11.3 Å². The van der Waals surface area contributed by atoms with Crippen molar-refractivity contribution in [1.82, 2.24) is 4.90 Å². The number of nitrogens with zero attached hydrogens (tertiary/aromatic N) is 1. The van der Waals surface area contributed by atoms with Gasteiger partial charge in [-0.3, -0.25) is 9.59 Å². The van der Waals surface area contributed by atoms with Gasteiger partial charge < -0.3 is 10.0 Å². The van der Waals surface area contributed by atoms with Crippen LogP contribution in [-0.2, 0) is 15.0 Å². The lowest BCUT2D eigenvalue weighted by Gasteiger charge is -2.39. The third-order valence-electron chi connectivity index (χ3n) is 5.00. The largest absolute Gasteiger partial charge is 0.481 e. The highest BCUT2D eigenvalue weighted by Gasteiger charge is 2.41. The number of likely N-dealkylation sites (tertiary alicyclic amines) is 1. The zero-order chi connectivity index (χ0) is 16.2. The van der Waals surface area contributed by atoms with E-state index in [0.29, 0.717) is 19.5 Å². The van der Waals surface area contributed by atoms with Gasteiger partial charge >= 0.3 is 5.97 Å². The molecule has 1 aliphatic rings. The summed E-state index contributed by atoms with van der Waals surface area (Å²) in [6, 6.07) is 9.87. The predicted octanol–water partition coefficient (Wildman–Crippen LogP) is 3.07. The first-order valence-electron chi connectivity index (χ1n) is 8.13. The number of aliphatic carboxylic acids is 1. The van der Waals surface area contributed by atoms with E-state index < -0.39 is 17.3 Å². The lowest BCUT2D eigenvalue weighted by atomic mass is 9.74. The second kappa shape index (κ2) is 6.95. The maximum Gasteiger partial charge on any atom is 0.308 e. The van der Waals surface area contributed by atoms with E-state index in [1.54, 1.807) is 4.90 Å². The number of amides is 1. The van der Waals surface area contributed by atoms with Crippen LogP contribution >= 0.6 is 0 Å². The summed E-state index contributed by atoms with van der Waals surface area (Å²) in [4.78, 5) is 26.2. The van der Waals surface area contributed by atoms with Crippen molar-refractivity contribution in [2.24, 2.45) is 5.92 Å². The third-order valence-corrected chi connectivity index (χ3v) is 5.00. The fourth-order valence-corrected chi connectivity index (χ4v) is 3.51. The minimum Gasteiger partial charge on any atom is -0.481 e. The van der Waals surface area contributed by atoms with Gasteiger partial charge in [-0.1, -0.05) is 44.2 Å². The van der Waals surface area contributed by atoms with E-state index in [-0.39, 0.29) is 5.91 Å². The highest BCUT2D eigenvalue weighted by molar-refractivity contribution is 5.88. The van der Waals surface area contributed by atoms with Crippen LogP contribution in [0.5, 0.6) is 0 Å². The number of hydrogen-bond donors (Lipinski definition) is 1. The average molecular weight is 303 g/mol. The van der Waals surface area contributed by atoms with Gasteiger partial charge in [0.15, 0.2) is 0 Å². The van der Waals surface area contributed by atoms with Crippen LogP contribution < -0.4 is 0 Å². The number of carbonyl (C=O) groups excluding carboxylic acids is 1. The molecule has 1 heterocycles. The van der Waals surface area contributed by atoms with Crippen molar-refractivity contribution in [2.75, 3.05) is 13.1 Å². The molecular weight excluding hydrogens is 278 g/mol. The molecule has 2 rings (SSSR count). The summed E-state index contributed by atoms with van der Waals surface area (Å²) >= 11 is 0. The van der Waals surface area contributed by atoms with Crippen LogP contribution in [0.1, 0.15) is 45.1 Å². The Hall–Kier alpha value is -1.84. The smallest absolute Gasteiger partial charge is 0.308 e. The van der Waals surface area contributed by atoms with E-state index in [1.807, 2.05) is 44.2 Å². The second-order valence-electron chi connectivity index (χ2n) is 6.08. The van der Waals surface area contributed by atoms with Gasteiger partial charge in [-0.15, -0.1) is 0 Å². The Balaban J connectivity index is 2.29. The molecule has 0 bridgehead atoms. The lowest BCUT2D eigenvalue weighted by Crippen LogP contribution is -2.51. The van der Waals surface area contributed by atoms with E-state index >= 15 is 0 Å². The van der Waals surface area contributed by atoms with E-state index in [1.165, 1.54) is 0 Å². The van der Waals surface area contributed by atoms with Gasteiger partial charge in [-0.05, 0) is 31.2 Å². The van der Waals surface area contributed by atoms with Gasteiger partial charge in [0.2, 0.25) is 5.91 Å². The number of hydrogen-bond acceptors (Lipinski definition) is 2. The summed E-state index contributed by atoms with van der Waals surface area (Å²) < 4.78 is 0. The number of carboxylic acids is 1. The topological polar surface area (TPSA) is 57.6 Å². The minimum absolute atomic E-state index is 0.0784. The first kappa shape index (κ1) is 16.5. The van der Waals surface area contributed by atoms with Gasteiger partial charge in [-0.2, -0.15) is 0 Å². The summed E-state index contributed by atoms with van der Waals surface area (Å²) in [7, 11) is 0. The molecule has 0 saturated carbocycles. The van der Waals surface area contributed by atoms with Gasteiger partial charge in [-0.25, -0.2) is 0 Å². The molecule has 1 aliphatic heterocycles. The maximum atomic E-state index is 13.2. The molecule has 0 radical (unpaired) electrons. The predicted molar refractivity (Wildman–Crippen MR) is 85.6 cm³/mol. The number of carbonyl (C=O) groups is 2. The zero-order valence-electron chi connectivity index (χ0n) is 13.4. The van der Waals surface area contributed by atoms with Crippen LogP contribution in [0.4, 0.5) is 0 Å². The van der Waals surface area contributed by atoms with Crippen LogP contribution in [-0.4, -0.2) is 35.0 Å². The fraction of sp³-hybridized carbons (Fsp3) is 0.556. The van der Waals surface area contributed by atoms with Crippen molar-refractivity contribution in [3.63, 3.8) is 0 Å². The van der Waals surface area contributed by atoms with E-state index in [0.717, 1.165) is 24.8 Å². The number of benzene rings is 1. The Morgan fingerprint density at radius 2 is 1.86 bits per heavy atom. The molecule has 1 saturated heterocycles. The van der Waals surface area contributed by atoms with E-state index in [9.17, 15) is 14.7 Å². The van der Waals surface area contributed by atoms with Gasteiger partial charge in [0.1, 0.15) is 0 Å². The Morgan fingerprint density at radius 3 is 2.41 bits per heavy atom. The summed E-state index contributed by atoms with van der Waals surface area (Å²) in [5.74, 6) is -1.15. The Bertz CT molecular complexity index is 522. The molecule has 0 aliphatic carbocycles. The van der Waals surface area contributed by atoms with Crippen molar-refractivity contribution in [1.29, 1.82) is 0 Å². The molecule has 1 fully saturated rings.